The van der Waals surface area contributed by atoms with Crippen LogP contribution in [-0.2, 0) is 13.1 Å². The SMILES string of the molecule is O=C(NCc1ccc2[nH]c(C(F)F)cc2c1)c1cnn(CC(F)(F)F)c1. The zero-order valence-corrected chi connectivity index (χ0v) is 13.1. The van der Waals surface area contributed by atoms with Gasteiger partial charge in [0.25, 0.3) is 12.3 Å². The average Bonchev–Trinajstić information content (AvgIpc) is 3.17. The molecule has 0 spiro atoms. The number of hydrogen-bond acceptors (Lipinski definition) is 2. The van der Waals surface area contributed by atoms with Gasteiger partial charge in [-0.2, -0.15) is 18.3 Å². The molecule has 1 aromatic carbocycles. The zero-order valence-electron chi connectivity index (χ0n) is 13.1. The lowest BCUT2D eigenvalue weighted by atomic mass is 10.1. The molecule has 0 saturated carbocycles. The molecule has 5 nitrogen and oxygen atoms in total. The fourth-order valence-electron chi connectivity index (χ4n) is 2.47. The molecule has 0 fully saturated rings. The van der Waals surface area contributed by atoms with Crippen molar-refractivity contribution in [3.05, 3.63) is 53.5 Å². The molecule has 2 N–H and O–H groups in total. The molecule has 0 aliphatic carbocycles. The first-order valence-electron chi connectivity index (χ1n) is 7.48. The van der Waals surface area contributed by atoms with Gasteiger partial charge < -0.3 is 10.3 Å². The van der Waals surface area contributed by atoms with Crippen molar-refractivity contribution < 1.29 is 26.7 Å². The lowest BCUT2D eigenvalue weighted by Crippen LogP contribution is -2.22. The predicted octanol–water partition coefficient (Wildman–Crippen LogP) is 3.79. The molecule has 0 aliphatic heterocycles. The van der Waals surface area contributed by atoms with Gasteiger partial charge in [0, 0.05) is 23.6 Å². The molecule has 138 valence electrons. The normalized spacial score (nSPS) is 12.1. The predicted molar refractivity (Wildman–Crippen MR) is 82.7 cm³/mol. The molecule has 10 heteroatoms. The number of hydrogen-bond donors (Lipinski definition) is 2. The van der Waals surface area contributed by atoms with Crippen molar-refractivity contribution in [1.29, 1.82) is 0 Å². The van der Waals surface area contributed by atoms with Gasteiger partial charge in [0.15, 0.2) is 0 Å². The third-order valence-electron chi connectivity index (χ3n) is 3.63. The second-order valence-electron chi connectivity index (χ2n) is 5.67. The van der Waals surface area contributed by atoms with Crippen molar-refractivity contribution in [3.63, 3.8) is 0 Å². The van der Waals surface area contributed by atoms with Crippen LogP contribution in [0.4, 0.5) is 22.0 Å². The Balaban J connectivity index is 1.65. The molecule has 2 heterocycles. The molecule has 1 amide bonds. The lowest BCUT2D eigenvalue weighted by Gasteiger charge is -2.05. The fraction of sp³-hybridized carbons (Fsp3) is 0.250. The average molecular weight is 372 g/mol. The van der Waals surface area contributed by atoms with Gasteiger partial charge in [0.05, 0.1) is 17.5 Å². The van der Waals surface area contributed by atoms with Crippen LogP contribution in [-0.4, -0.2) is 26.8 Å². The molecule has 3 rings (SSSR count). The first-order chi connectivity index (χ1) is 12.2. The molecular weight excluding hydrogens is 359 g/mol. The van der Waals surface area contributed by atoms with E-state index < -0.39 is 25.1 Å². The Morgan fingerprint density at radius 2 is 2.04 bits per heavy atom. The van der Waals surface area contributed by atoms with Gasteiger partial charge in [0.2, 0.25) is 0 Å². The van der Waals surface area contributed by atoms with Crippen LogP contribution < -0.4 is 5.32 Å². The summed E-state index contributed by atoms with van der Waals surface area (Å²) in [5.41, 5.74) is 1.01. The molecule has 0 unspecified atom stereocenters. The number of carbonyl (C=O) groups is 1. The minimum atomic E-state index is -4.43. The number of benzene rings is 1. The van der Waals surface area contributed by atoms with Crippen LogP contribution in [0.25, 0.3) is 10.9 Å². The third-order valence-corrected chi connectivity index (χ3v) is 3.63. The number of aromatic amines is 1. The quantitative estimate of drug-likeness (QED) is 0.670. The van der Waals surface area contributed by atoms with Gasteiger partial charge in [0.1, 0.15) is 6.54 Å². The van der Waals surface area contributed by atoms with E-state index in [0.29, 0.717) is 21.1 Å². The minimum absolute atomic E-state index is 0.00282. The summed E-state index contributed by atoms with van der Waals surface area (Å²) in [5.74, 6) is -0.583. The standard InChI is InChI=1S/C16H13F5N4O/c17-14(18)13-4-10-3-9(1-2-12(10)24-13)5-22-15(26)11-6-23-25(7-11)8-16(19,20)21/h1-4,6-7,14,24H,5,8H2,(H,22,26). The van der Waals surface area contributed by atoms with E-state index in [-0.39, 0.29) is 17.8 Å². The number of H-pyrrole nitrogens is 1. The highest BCUT2D eigenvalue weighted by Gasteiger charge is 2.28. The van der Waals surface area contributed by atoms with E-state index in [9.17, 15) is 26.7 Å². The monoisotopic (exact) mass is 372 g/mol. The first kappa shape index (κ1) is 17.9. The largest absolute Gasteiger partial charge is 0.408 e. The topological polar surface area (TPSA) is 62.7 Å². The molecule has 2 aromatic heterocycles. The summed E-state index contributed by atoms with van der Waals surface area (Å²) in [6.45, 7) is -1.19. The van der Waals surface area contributed by atoms with Gasteiger partial charge in [-0.15, -0.1) is 0 Å². The maximum Gasteiger partial charge on any atom is 0.408 e. The maximum atomic E-state index is 12.7. The summed E-state index contributed by atoms with van der Waals surface area (Å²) in [4.78, 5) is 14.6. The highest BCUT2D eigenvalue weighted by Crippen LogP contribution is 2.24. The van der Waals surface area contributed by atoms with E-state index in [1.165, 1.54) is 6.07 Å². The first-order valence-corrected chi connectivity index (χ1v) is 7.48. The number of nitrogens with zero attached hydrogens (tertiary/aromatic N) is 2. The van der Waals surface area contributed by atoms with Crippen LogP contribution in [0, 0.1) is 0 Å². The third kappa shape index (κ3) is 4.19. The smallest absolute Gasteiger partial charge is 0.354 e. The number of carbonyl (C=O) groups excluding carboxylic acids is 1. The summed E-state index contributed by atoms with van der Waals surface area (Å²) in [6.07, 6.45) is -4.99. The fourth-order valence-corrected chi connectivity index (χ4v) is 2.47. The number of alkyl halides is 5. The van der Waals surface area contributed by atoms with E-state index in [0.717, 1.165) is 12.4 Å². The molecule has 0 radical (unpaired) electrons. The highest BCUT2D eigenvalue weighted by molar-refractivity contribution is 5.93. The summed E-state index contributed by atoms with van der Waals surface area (Å²) in [5, 5.41) is 6.63. The Kier molecular flexibility index (Phi) is 4.66. The summed E-state index contributed by atoms with van der Waals surface area (Å²) >= 11 is 0. The Morgan fingerprint density at radius 1 is 1.27 bits per heavy atom. The molecule has 26 heavy (non-hydrogen) atoms. The molecule has 3 aromatic rings. The summed E-state index contributed by atoms with van der Waals surface area (Å²) in [6, 6.07) is 6.24. The number of halogens is 5. The van der Waals surface area contributed by atoms with Crippen LogP contribution in [0.5, 0.6) is 0 Å². The van der Waals surface area contributed by atoms with Crippen molar-refractivity contribution >= 4 is 16.8 Å². The van der Waals surface area contributed by atoms with Gasteiger partial charge >= 0.3 is 6.18 Å². The Hall–Kier alpha value is -2.91. The lowest BCUT2D eigenvalue weighted by molar-refractivity contribution is -0.142. The van der Waals surface area contributed by atoms with Gasteiger partial charge in [-0.05, 0) is 23.8 Å². The van der Waals surface area contributed by atoms with E-state index in [1.807, 2.05) is 0 Å². The maximum absolute atomic E-state index is 12.7. The van der Waals surface area contributed by atoms with Crippen molar-refractivity contribution in [3.8, 4) is 0 Å². The Morgan fingerprint density at radius 3 is 2.73 bits per heavy atom. The van der Waals surface area contributed by atoms with Crippen molar-refractivity contribution in [2.24, 2.45) is 0 Å². The Bertz CT molecular complexity index is 928. The van der Waals surface area contributed by atoms with Crippen LogP contribution in [0.3, 0.4) is 0 Å². The van der Waals surface area contributed by atoms with E-state index >= 15 is 0 Å². The molecular formula is C16H13F5N4O. The molecule has 0 saturated heterocycles. The molecule has 0 bridgehead atoms. The summed E-state index contributed by atoms with van der Waals surface area (Å²) < 4.78 is 62.9. The second-order valence-corrected chi connectivity index (χ2v) is 5.67. The summed E-state index contributed by atoms with van der Waals surface area (Å²) in [7, 11) is 0. The van der Waals surface area contributed by atoms with Gasteiger partial charge in [-0.25, -0.2) is 8.78 Å². The van der Waals surface area contributed by atoms with Crippen LogP contribution >= 0.6 is 0 Å². The van der Waals surface area contributed by atoms with Crippen molar-refractivity contribution in [2.75, 3.05) is 0 Å². The number of fused-ring (bicyclic) bond motifs is 1. The van der Waals surface area contributed by atoms with Crippen LogP contribution in [0.2, 0.25) is 0 Å². The number of rotatable bonds is 5. The van der Waals surface area contributed by atoms with Gasteiger partial charge in [-0.1, -0.05) is 6.07 Å². The Labute approximate surface area is 143 Å². The van der Waals surface area contributed by atoms with E-state index in [1.54, 1.807) is 18.2 Å². The van der Waals surface area contributed by atoms with E-state index in [4.69, 9.17) is 0 Å². The number of aromatic nitrogens is 3. The van der Waals surface area contributed by atoms with Crippen LogP contribution in [0.1, 0.15) is 28.0 Å². The second kappa shape index (κ2) is 6.77. The van der Waals surface area contributed by atoms with Crippen molar-refractivity contribution in [1.82, 2.24) is 20.1 Å². The van der Waals surface area contributed by atoms with Crippen LogP contribution in [0.15, 0.2) is 36.7 Å². The minimum Gasteiger partial charge on any atom is -0.354 e. The highest BCUT2D eigenvalue weighted by atomic mass is 19.4. The van der Waals surface area contributed by atoms with Gasteiger partial charge in [-0.3, -0.25) is 9.48 Å². The number of amides is 1. The van der Waals surface area contributed by atoms with E-state index in [2.05, 4.69) is 15.4 Å². The number of nitrogens with one attached hydrogen (secondary N) is 2. The molecule has 0 atom stereocenters. The van der Waals surface area contributed by atoms with Crippen molar-refractivity contribution in [2.45, 2.75) is 25.7 Å². The molecule has 0 aliphatic rings. The zero-order chi connectivity index (χ0) is 18.9.